The third kappa shape index (κ3) is 2.83. The number of pyridine rings is 1. The van der Waals surface area contributed by atoms with E-state index in [-0.39, 0.29) is 0 Å². The van der Waals surface area contributed by atoms with Crippen molar-refractivity contribution in [2.45, 2.75) is 22.8 Å². The molecule has 0 saturated heterocycles. The van der Waals surface area contributed by atoms with Crippen molar-refractivity contribution in [2.24, 2.45) is 0 Å². The van der Waals surface area contributed by atoms with Gasteiger partial charge in [-0.2, -0.15) is 0 Å². The van der Waals surface area contributed by atoms with Crippen LogP contribution in [0.1, 0.15) is 18.6 Å². The van der Waals surface area contributed by atoms with Crippen molar-refractivity contribution in [3.8, 4) is 5.75 Å². The van der Waals surface area contributed by atoms with Gasteiger partial charge in [-0.05, 0) is 31.2 Å². The van der Waals surface area contributed by atoms with Crippen LogP contribution in [-0.2, 0) is 0 Å². The van der Waals surface area contributed by atoms with Crippen LogP contribution in [0.15, 0.2) is 52.5 Å². The van der Waals surface area contributed by atoms with Crippen LogP contribution in [0.4, 0.5) is 0 Å². The van der Waals surface area contributed by atoms with Crippen LogP contribution < -0.4 is 4.74 Å². The molecule has 18 heavy (non-hydrogen) atoms. The van der Waals surface area contributed by atoms with Crippen LogP contribution in [0.2, 0.25) is 0 Å². The SMILES string of the molecule is COc1cccc(Sc2ccncc2)c1[C@@H](C)O. The Morgan fingerprint density at radius 1 is 1.22 bits per heavy atom. The van der Waals surface area contributed by atoms with Gasteiger partial charge in [-0.3, -0.25) is 4.98 Å². The average Bonchev–Trinajstić information content (AvgIpc) is 2.39. The summed E-state index contributed by atoms with van der Waals surface area (Å²) in [5, 5.41) is 9.89. The van der Waals surface area contributed by atoms with Crippen molar-refractivity contribution >= 4 is 11.8 Å². The first kappa shape index (κ1) is 12.9. The summed E-state index contributed by atoms with van der Waals surface area (Å²) in [6.07, 6.45) is 2.94. The molecule has 3 nitrogen and oxygen atoms in total. The molecule has 1 aromatic heterocycles. The number of methoxy groups -OCH3 is 1. The minimum absolute atomic E-state index is 0.564. The Bertz CT molecular complexity index is 514. The quantitative estimate of drug-likeness (QED) is 0.917. The Morgan fingerprint density at radius 2 is 1.94 bits per heavy atom. The molecule has 4 heteroatoms. The van der Waals surface area contributed by atoms with Crippen molar-refractivity contribution in [1.82, 2.24) is 4.98 Å². The summed E-state index contributed by atoms with van der Waals surface area (Å²) in [5.41, 5.74) is 0.821. The molecule has 0 amide bonds. The standard InChI is InChI=1S/C14H15NO2S/c1-10(16)14-12(17-2)4-3-5-13(14)18-11-6-8-15-9-7-11/h3-10,16H,1-2H3/t10-/m1/s1. The van der Waals surface area contributed by atoms with Crippen molar-refractivity contribution < 1.29 is 9.84 Å². The van der Waals surface area contributed by atoms with Gasteiger partial charge in [0.15, 0.2) is 0 Å². The maximum atomic E-state index is 9.89. The monoisotopic (exact) mass is 261 g/mol. The van der Waals surface area contributed by atoms with E-state index in [1.807, 2.05) is 30.3 Å². The first-order valence-electron chi connectivity index (χ1n) is 5.65. The van der Waals surface area contributed by atoms with Crippen LogP contribution in [-0.4, -0.2) is 17.2 Å². The molecule has 0 spiro atoms. The Kier molecular flexibility index (Phi) is 4.23. The number of nitrogens with zero attached hydrogens (tertiary/aromatic N) is 1. The Balaban J connectivity index is 2.38. The maximum Gasteiger partial charge on any atom is 0.125 e. The molecule has 0 saturated carbocycles. The zero-order valence-corrected chi connectivity index (χ0v) is 11.1. The summed E-state index contributed by atoms with van der Waals surface area (Å²) >= 11 is 1.59. The molecule has 0 aliphatic rings. The number of aliphatic hydroxyl groups is 1. The van der Waals surface area contributed by atoms with Gasteiger partial charge in [-0.25, -0.2) is 0 Å². The minimum atomic E-state index is -0.564. The fraction of sp³-hybridized carbons (Fsp3) is 0.214. The average molecular weight is 261 g/mol. The molecule has 1 heterocycles. The Labute approximate surface area is 111 Å². The first-order chi connectivity index (χ1) is 8.72. The van der Waals surface area contributed by atoms with E-state index in [0.29, 0.717) is 5.75 Å². The van der Waals surface area contributed by atoms with Crippen molar-refractivity contribution in [1.29, 1.82) is 0 Å². The smallest absolute Gasteiger partial charge is 0.125 e. The highest BCUT2D eigenvalue weighted by Gasteiger charge is 2.14. The molecular weight excluding hydrogens is 246 g/mol. The second-order valence-corrected chi connectivity index (χ2v) is 4.95. The summed E-state index contributed by atoms with van der Waals surface area (Å²) in [7, 11) is 1.61. The molecule has 1 N–H and O–H groups in total. The van der Waals surface area contributed by atoms with E-state index in [1.165, 1.54) is 0 Å². The van der Waals surface area contributed by atoms with E-state index in [0.717, 1.165) is 15.4 Å². The number of hydrogen-bond donors (Lipinski definition) is 1. The summed E-state index contributed by atoms with van der Waals surface area (Å²) in [6, 6.07) is 9.65. The fourth-order valence-electron chi connectivity index (χ4n) is 1.74. The third-order valence-corrected chi connectivity index (χ3v) is 3.63. The molecule has 2 aromatic rings. The van der Waals surface area contributed by atoms with Gasteiger partial charge in [-0.1, -0.05) is 17.8 Å². The molecule has 0 unspecified atom stereocenters. The molecule has 0 radical (unpaired) electrons. The van der Waals surface area contributed by atoms with Crippen LogP contribution in [0.5, 0.6) is 5.75 Å². The summed E-state index contributed by atoms with van der Waals surface area (Å²) in [6.45, 7) is 1.74. The highest BCUT2D eigenvalue weighted by atomic mass is 32.2. The third-order valence-electron chi connectivity index (χ3n) is 2.54. The van der Waals surface area contributed by atoms with E-state index in [2.05, 4.69) is 4.98 Å². The lowest BCUT2D eigenvalue weighted by Gasteiger charge is -2.15. The number of rotatable bonds is 4. The van der Waals surface area contributed by atoms with Gasteiger partial charge in [-0.15, -0.1) is 0 Å². The number of aliphatic hydroxyl groups excluding tert-OH is 1. The molecule has 0 aliphatic heterocycles. The topological polar surface area (TPSA) is 42.4 Å². The van der Waals surface area contributed by atoms with Crippen molar-refractivity contribution in [3.05, 3.63) is 48.3 Å². The van der Waals surface area contributed by atoms with Crippen LogP contribution in [0.3, 0.4) is 0 Å². The molecule has 1 aromatic carbocycles. The molecule has 1 atom stereocenters. The zero-order chi connectivity index (χ0) is 13.0. The Hall–Kier alpha value is -1.52. The Morgan fingerprint density at radius 3 is 2.56 bits per heavy atom. The molecule has 0 aliphatic carbocycles. The van der Waals surface area contributed by atoms with Gasteiger partial charge in [0.2, 0.25) is 0 Å². The predicted octanol–water partition coefficient (Wildman–Crippen LogP) is 3.29. The van der Waals surface area contributed by atoms with Gasteiger partial charge in [0, 0.05) is 27.7 Å². The number of hydrogen-bond acceptors (Lipinski definition) is 4. The minimum Gasteiger partial charge on any atom is -0.496 e. The highest BCUT2D eigenvalue weighted by Crippen LogP contribution is 2.37. The van der Waals surface area contributed by atoms with Crippen molar-refractivity contribution in [2.75, 3.05) is 7.11 Å². The molecular formula is C14H15NO2S. The molecule has 0 bridgehead atoms. The van der Waals surface area contributed by atoms with E-state index in [4.69, 9.17) is 4.74 Å². The highest BCUT2D eigenvalue weighted by molar-refractivity contribution is 7.99. The van der Waals surface area contributed by atoms with Gasteiger partial charge >= 0.3 is 0 Å². The molecule has 0 fully saturated rings. The summed E-state index contributed by atoms with van der Waals surface area (Å²) in [5.74, 6) is 0.712. The lowest BCUT2D eigenvalue weighted by atomic mass is 10.1. The largest absolute Gasteiger partial charge is 0.496 e. The van der Waals surface area contributed by atoms with Crippen LogP contribution in [0.25, 0.3) is 0 Å². The van der Waals surface area contributed by atoms with Gasteiger partial charge < -0.3 is 9.84 Å². The van der Waals surface area contributed by atoms with E-state index in [1.54, 1.807) is 38.2 Å². The van der Waals surface area contributed by atoms with E-state index >= 15 is 0 Å². The van der Waals surface area contributed by atoms with E-state index in [9.17, 15) is 5.11 Å². The second-order valence-electron chi connectivity index (χ2n) is 3.83. The lowest BCUT2D eigenvalue weighted by molar-refractivity contribution is 0.191. The summed E-state index contributed by atoms with van der Waals surface area (Å²) < 4.78 is 5.30. The second kappa shape index (κ2) is 5.89. The van der Waals surface area contributed by atoms with Crippen LogP contribution >= 0.6 is 11.8 Å². The molecule has 2 rings (SSSR count). The number of benzene rings is 1. The van der Waals surface area contributed by atoms with Crippen molar-refractivity contribution in [3.63, 3.8) is 0 Å². The van der Waals surface area contributed by atoms with Gasteiger partial charge in [0.1, 0.15) is 5.75 Å². The molecule has 94 valence electrons. The number of ether oxygens (including phenoxy) is 1. The van der Waals surface area contributed by atoms with E-state index < -0.39 is 6.10 Å². The predicted molar refractivity (Wildman–Crippen MR) is 72.0 cm³/mol. The normalized spacial score (nSPS) is 12.2. The number of aromatic nitrogens is 1. The summed E-state index contributed by atoms with van der Waals surface area (Å²) in [4.78, 5) is 6.07. The fourth-order valence-corrected chi connectivity index (χ4v) is 2.78. The van der Waals surface area contributed by atoms with Crippen LogP contribution in [0, 0.1) is 0 Å². The lowest BCUT2D eigenvalue weighted by Crippen LogP contribution is -1.98. The zero-order valence-electron chi connectivity index (χ0n) is 10.3. The first-order valence-corrected chi connectivity index (χ1v) is 6.47. The van der Waals surface area contributed by atoms with Gasteiger partial charge in [0.05, 0.1) is 13.2 Å². The maximum absolute atomic E-state index is 9.89. The van der Waals surface area contributed by atoms with Gasteiger partial charge in [0.25, 0.3) is 0 Å².